The van der Waals surface area contributed by atoms with Crippen molar-refractivity contribution in [1.29, 1.82) is 0 Å². The molecule has 2 aromatic carbocycles. The summed E-state index contributed by atoms with van der Waals surface area (Å²) in [6.45, 7) is 3.76. The van der Waals surface area contributed by atoms with Gasteiger partial charge in [-0.05, 0) is 55.8 Å². The fraction of sp³-hybridized carbons (Fsp3) is 0.200. The molecule has 1 amide bonds. The van der Waals surface area contributed by atoms with E-state index in [4.69, 9.17) is 0 Å². The molecule has 4 rings (SSSR count). The van der Waals surface area contributed by atoms with Crippen LogP contribution in [0.2, 0.25) is 0 Å². The van der Waals surface area contributed by atoms with E-state index in [9.17, 15) is 14.3 Å². The first kappa shape index (κ1) is 17.6. The number of nitrogens with zero attached hydrogens (tertiary/aromatic N) is 2. The fourth-order valence-corrected chi connectivity index (χ4v) is 4.51. The molecule has 3 aromatic rings. The van der Waals surface area contributed by atoms with E-state index in [1.807, 2.05) is 26.0 Å². The smallest absolute Gasteiger partial charge is 0.238 e. The van der Waals surface area contributed by atoms with Gasteiger partial charge in [0.05, 0.1) is 21.9 Å². The molecule has 1 aliphatic heterocycles. The molecule has 7 heteroatoms. The molecule has 1 aromatic heterocycles. The number of hydrogen-bond acceptors (Lipinski definition) is 4. The summed E-state index contributed by atoms with van der Waals surface area (Å²) in [4.78, 5) is 12.6. The number of aromatic nitrogens is 2. The molecule has 1 aliphatic rings. The van der Waals surface area contributed by atoms with Crippen LogP contribution in [0.4, 0.5) is 10.2 Å². The van der Waals surface area contributed by atoms with Gasteiger partial charge in [0.2, 0.25) is 5.91 Å². The number of anilines is 1. The van der Waals surface area contributed by atoms with Gasteiger partial charge in [0.1, 0.15) is 17.4 Å². The molecule has 0 spiro atoms. The normalized spacial score (nSPS) is 19.3. The Morgan fingerprint density at radius 1 is 1.15 bits per heavy atom. The number of benzene rings is 2. The van der Waals surface area contributed by atoms with Gasteiger partial charge in [-0.2, -0.15) is 5.10 Å². The van der Waals surface area contributed by atoms with Gasteiger partial charge in [-0.15, -0.1) is 11.8 Å². The van der Waals surface area contributed by atoms with Gasteiger partial charge in [-0.25, -0.2) is 9.07 Å². The molecule has 0 radical (unpaired) electrons. The fourth-order valence-electron chi connectivity index (χ4n) is 3.19. The van der Waals surface area contributed by atoms with Crippen molar-refractivity contribution in [3.05, 3.63) is 71.2 Å². The van der Waals surface area contributed by atoms with E-state index in [0.717, 1.165) is 16.8 Å². The number of phenols is 1. The molecule has 0 fully saturated rings. The maximum atomic E-state index is 13.3. The second-order valence-electron chi connectivity index (χ2n) is 6.48. The van der Waals surface area contributed by atoms with Crippen LogP contribution in [0, 0.1) is 12.7 Å². The lowest BCUT2D eigenvalue weighted by molar-refractivity contribution is -0.115. The third kappa shape index (κ3) is 3.19. The minimum Gasteiger partial charge on any atom is -0.508 e. The van der Waals surface area contributed by atoms with Crippen molar-refractivity contribution >= 4 is 23.5 Å². The van der Waals surface area contributed by atoms with Crippen LogP contribution in [-0.4, -0.2) is 26.0 Å². The van der Waals surface area contributed by atoms with Crippen LogP contribution in [0.5, 0.6) is 5.75 Å². The number of thioether (sulfide) groups is 1. The number of carbonyl (C=O) groups is 1. The monoisotopic (exact) mass is 383 g/mol. The Labute approximate surface area is 160 Å². The Morgan fingerprint density at radius 3 is 2.48 bits per heavy atom. The summed E-state index contributed by atoms with van der Waals surface area (Å²) in [7, 11) is 0. The van der Waals surface area contributed by atoms with E-state index in [-0.39, 0.29) is 28.0 Å². The number of aromatic hydroxyl groups is 1. The number of amides is 1. The largest absolute Gasteiger partial charge is 0.508 e. The lowest BCUT2D eigenvalue weighted by atomic mass is 10.0. The van der Waals surface area contributed by atoms with Crippen LogP contribution >= 0.6 is 11.8 Å². The molecule has 2 N–H and O–H groups in total. The molecule has 138 valence electrons. The topological polar surface area (TPSA) is 67.1 Å². The summed E-state index contributed by atoms with van der Waals surface area (Å²) in [5.74, 6) is 0.354. The van der Waals surface area contributed by atoms with Gasteiger partial charge in [-0.3, -0.25) is 4.79 Å². The second-order valence-corrected chi connectivity index (χ2v) is 7.93. The third-order valence-electron chi connectivity index (χ3n) is 4.59. The van der Waals surface area contributed by atoms with Crippen molar-refractivity contribution in [3.63, 3.8) is 0 Å². The highest BCUT2D eigenvalue weighted by Gasteiger charge is 2.34. The van der Waals surface area contributed by atoms with Gasteiger partial charge < -0.3 is 10.4 Å². The van der Waals surface area contributed by atoms with Crippen LogP contribution in [0.25, 0.3) is 5.69 Å². The highest BCUT2D eigenvalue weighted by molar-refractivity contribution is 8.01. The van der Waals surface area contributed by atoms with E-state index in [1.165, 1.54) is 23.9 Å². The predicted octanol–water partition coefficient (Wildman–Crippen LogP) is 4.19. The lowest BCUT2D eigenvalue weighted by Crippen LogP contribution is -2.22. The zero-order valence-corrected chi connectivity index (χ0v) is 15.6. The average Bonchev–Trinajstić information content (AvgIpc) is 2.89. The van der Waals surface area contributed by atoms with E-state index in [0.29, 0.717) is 11.5 Å². The van der Waals surface area contributed by atoms with Crippen LogP contribution in [0.1, 0.15) is 29.0 Å². The van der Waals surface area contributed by atoms with Gasteiger partial charge in [0.15, 0.2) is 0 Å². The molecule has 5 nitrogen and oxygen atoms in total. The van der Waals surface area contributed by atoms with Crippen LogP contribution in [0.3, 0.4) is 0 Å². The zero-order valence-electron chi connectivity index (χ0n) is 14.8. The molecule has 0 saturated heterocycles. The number of rotatable bonds is 2. The molecule has 27 heavy (non-hydrogen) atoms. The van der Waals surface area contributed by atoms with Gasteiger partial charge in [-0.1, -0.05) is 12.1 Å². The molecular formula is C20H18FN3O2S. The Kier molecular flexibility index (Phi) is 4.39. The maximum Gasteiger partial charge on any atom is 0.238 e. The maximum absolute atomic E-state index is 13.3. The summed E-state index contributed by atoms with van der Waals surface area (Å²) >= 11 is 1.54. The summed E-state index contributed by atoms with van der Waals surface area (Å²) < 4.78 is 15.0. The van der Waals surface area contributed by atoms with Crippen molar-refractivity contribution in [3.8, 4) is 11.4 Å². The number of hydrogen-bond donors (Lipinski definition) is 2. The Bertz CT molecular complexity index is 999. The van der Waals surface area contributed by atoms with Crippen molar-refractivity contribution in [1.82, 2.24) is 9.78 Å². The molecule has 2 atom stereocenters. The third-order valence-corrected chi connectivity index (χ3v) is 5.99. The first-order valence-corrected chi connectivity index (χ1v) is 9.49. The van der Waals surface area contributed by atoms with Crippen molar-refractivity contribution < 1.29 is 14.3 Å². The van der Waals surface area contributed by atoms with Gasteiger partial charge in [0, 0.05) is 5.56 Å². The average molecular weight is 383 g/mol. The highest BCUT2D eigenvalue weighted by atomic mass is 32.2. The number of fused-ring (bicyclic) bond motifs is 1. The van der Waals surface area contributed by atoms with E-state index in [2.05, 4.69) is 10.4 Å². The minimum absolute atomic E-state index is 0.106. The second kappa shape index (κ2) is 6.74. The van der Waals surface area contributed by atoms with E-state index >= 15 is 0 Å². The summed E-state index contributed by atoms with van der Waals surface area (Å²) in [6.07, 6.45) is 0. The highest BCUT2D eigenvalue weighted by Crippen LogP contribution is 2.46. The molecular weight excluding hydrogens is 365 g/mol. The minimum atomic E-state index is -0.330. The number of nitrogens with one attached hydrogen (secondary N) is 1. The van der Waals surface area contributed by atoms with Gasteiger partial charge >= 0.3 is 0 Å². The Morgan fingerprint density at radius 2 is 1.81 bits per heavy atom. The zero-order chi connectivity index (χ0) is 19.1. The molecule has 0 saturated carbocycles. The first-order valence-electron chi connectivity index (χ1n) is 8.55. The molecule has 0 aliphatic carbocycles. The van der Waals surface area contributed by atoms with Crippen molar-refractivity contribution in [2.75, 3.05) is 5.32 Å². The van der Waals surface area contributed by atoms with E-state index < -0.39 is 0 Å². The summed E-state index contributed by atoms with van der Waals surface area (Å²) in [5, 5.41) is 16.8. The standard InChI is InChI=1S/C20H18FN3O2S/c1-11-17-18(13-3-9-16(25)10-4-13)27-12(2)20(26)22-19(17)24(23-11)15-7-5-14(21)6-8-15/h3-10,12,18,25H,1-2H3,(H,22,26)/t12-,18+/m0/s1. The molecule has 2 heterocycles. The SMILES string of the molecule is Cc1nn(-c2ccc(F)cc2)c2c1[C@@H](c1ccc(O)cc1)S[C@@H](C)C(=O)N2. The first-order chi connectivity index (χ1) is 12.9. The summed E-state index contributed by atoms with van der Waals surface area (Å²) in [5.41, 5.74) is 3.34. The van der Waals surface area contributed by atoms with E-state index in [1.54, 1.807) is 28.9 Å². The van der Waals surface area contributed by atoms with Crippen molar-refractivity contribution in [2.24, 2.45) is 0 Å². The number of carbonyl (C=O) groups excluding carboxylic acids is 1. The Balaban J connectivity index is 1.89. The lowest BCUT2D eigenvalue weighted by Gasteiger charge is -2.17. The number of phenolic OH excluding ortho intramolecular Hbond substituents is 1. The predicted molar refractivity (Wildman–Crippen MR) is 104 cm³/mol. The van der Waals surface area contributed by atoms with Crippen LogP contribution in [0.15, 0.2) is 48.5 Å². The summed E-state index contributed by atoms with van der Waals surface area (Å²) in [6, 6.07) is 13.0. The quantitative estimate of drug-likeness (QED) is 0.696. The number of halogens is 1. The van der Waals surface area contributed by atoms with Gasteiger partial charge in [0.25, 0.3) is 0 Å². The van der Waals surface area contributed by atoms with Crippen molar-refractivity contribution in [2.45, 2.75) is 24.3 Å². The molecule has 0 unspecified atom stereocenters. The van der Waals surface area contributed by atoms with Crippen LogP contribution < -0.4 is 5.32 Å². The Hall–Kier alpha value is -2.80. The van der Waals surface area contributed by atoms with Crippen LogP contribution in [-0.2, 0) is 4.79 Å². The molecule has 0 bridgehead atoms. The number of aryl methyl sites for hydroxylation is 1.